The van der Waals surface area contributed by atoms with Gasteiger partial charge < -0.3 is 14.9 Å². The zero-order valence-electron chi connectivity index (χ0n) is 18.3. The zero-order chi connectivity index (χ0) is 22.2. The van der Waals surface area contributed by atoms with E-state index in [0.29, 0.717) is 18.8 Å². The molecule has 3 aromatic rings. The van der Waals surface area contributed by atoms with Crippen LogP contribution < -0.4 is 9.80 Å². The van der Waals surface area contributed by atoms with Gasteiger partial charge in [0.15, 0.2) is 5.82 Å². The molecule has 0 saturated carbocycles. The van der Waals surface area contributed by atoms with E-state index in [4.69, 9.17) is 9.97 Å². The molecular weight excluding hydrogens is 404 g/mol. The number of anilines is 2. The Hall–Kier alpha value is -3.55. The van der Waals surface area contributed by atoms with Crippen molar-refractivity contribution in [1.82, 2.24) is 19.9 Å². The second-order valence-corrected chi connectivity index (χ2v) is 8.56. The molecule has 2 atom stereocenters. The number of hydrogen-bond acceptors (Lipinski definition) is 7. The highest BCUT2D eigenvalue weighted by atomic mass is 16.4. The molecule has 0 amide bonds. The van der Waals surface area contributed by atoms with Crippen molar-refractivity contribution in [2.24, 2.45) is 5.92 Å². The van der Waals surface area contributed by atoms with E-state index in [-0.39, 0.29) is 12.0 Å². The molecule has 0 aliphatic carbocycles. The molecule has 2 unspecified atom stereocenters. The monoisotopic (exact) mass is 430 g/mol. The molecule has 5 heterocycles. The highest BCUT2D eigenvalue weighted by Crippen LogP contribution is 2.34. The number of carboxylic acid groups (broad SMARTS) is 1. The molecule has 8 nitrogen and oxygen atoms in total. The molecule has 1 saturated heterocycles. The number of aryl methyl sites for hydroxylation is 1. The summed E-state index contributed by atoms with van der Waals surface area (Å²) in [4.78, 5) is 34.4. The van der Waals surface area contributed by atoms with Crippen LogP contribution in [0.5, 0.6) is 0 Å². The Morgan fingerprint density at radius 1 is 1.12 bits per heavy atom. The summed E-state index contributed by atoms with van der Waals surface area (Å²) >= 11 is 0. The molecule has 0 bridgehead atoms. The van der Waals surface area contributed by atoms with E-state index in [9.17, 15) is 9.90 Å². The Morgan fingerprint density at radius 3 is 2.72 bits per heavy atom. The lowest BCUT2D eigenvalue weighted by atomic mass is 9.99. The number of carbonyl (C=O) groups is 1. The maximum atomic E-state index is 11.4. The van der Waals surface area contributed by atoms with Gasteiger partial charge >= 0.3 is 5.97 Å². The third-order valence-corrected chi connectivity index (χ3v) is 6.40. The van der Waals surface area contributed by atoms with Gasteiger partial charge in [-0.2, -0.15) is 0 Å². The van der Waals surface area contributed by atoms with Crippen LogP contribution in [0.4, 0.5) is 11.6 Å². The fraction of sp³-hybridized carbons (Fsp3) is 0.375. The van der Waals surface area contributed by atoms with Crippen LogP contribution in [0.15, 0.2) is 42.7 Å². The largest absolute Gasteiger partial charge is 0.481 e. The summed E-state index contributed by atoms with van der Waals surface area (Å²) in [7, 11) is 0. The molecule has 0 spiro atoms. The molecular formula is C24H26N6O2. The highest BCUT2D eigenvalue weighted by Gasteiger charge is 2.31. The first-order valence-corrected chi connectivity index (χ1v) is 11.0. The average molecular weight is 431 g/mol. The fourth-order valence-electron chi connectivity index (χ4n) is 4.60. The summed E-state index contributed by atoms with van der Waals surface area (Å²) in [5, 5.41) is 9.34. The maximum Gasteiger partial charge on any atom is 0.308 e. The second-order valence-electron chi connectivity index (χ2n) is 8.56. The third-order valence-electron chi connectivity index (χ3n) is 6.40. The molecule has 164 valence electrons. The number of aromatic nitrogens is 4. The van der Waals surface area contributed by atoms with Crippen molar-refractivity contribution in [2.45, 2.75) is 32.7 Å². The molecule has 5 rings (SSSR count). The predicted molar refractivity (Wildman–Crippen MR) is 122 cm³/mol. The predicted octanol–water partition coefficient (Wildman–Crippen LogP) is 3.28. The van der Waals surface area contributed by atoms with E-state index in [1.807, 2.05) is 30.5 Å². The van der Waals surface area contributed by atoms with Crippen LogP contribution in [0, 0.1) is 12.8 Å². The van der Waals surface area contributed by atoms with Crippen molar-refractivity contribution < 1.29 is 9.90 Å². The summed E-state index contributed by atoms with van der Waals surface area (Å²) in [5.74, 6) is 1.36. The number of rotatable bonds is 4. The SMILES string of the molecule is Cc1cc(N2CCC(C(=O)O)C2)nc(N2CCc3nc(-c4ccccn4)ncc3C2C)c1. The topological polar surface area (TPSA) is 95.3 Å². The molecule has 32 heavy (non-hydrogen) atoms. The van der Waals surface area contributed by atoms with Gasteiger partial charge in [0.05, 0.1) is 17.7 Å². The Kier molecular flexibility index (Phi) is 5.20. The van der Waals surface area contributed by atoms with Gasteiger partial charge in [0.25, 0.3) is 0 Å². The lowest BCUT2D eigenvalue weighted by Gasteiger charge is -2.36. The Labute approximate surface area is 187 Å². The highest BCUT2D eigenvalue weighted by molar-refractivity contribution is 5.72. The molecule has 0 aromatic carbocycles. The van der Waals surface area contributed by atoms with Crippen LogP contribution in [-0.4, -0.2) is 50.6 Å². The minimum atomic E-state index is -0.730. The van der Waals surface area contributed by atoms with E-state index in [2.05, 4.69) is 39.7 Å². The first-order chi connectivity index (χ1) is 15.5. The van der Waals surface area contributed by atoms with Crippen LogP contribution in [0.25, 0.3) is 11.5 Å². The molecule has 3 aromatic heterocycles. The summed E-state index contributed by atoms with van der Waals surface area (Å²) < 4.78 is 0. The Bertz CT molecular complexity index is 1150. The van der Waals surface area contributed by atoms with E-state index in [1.165, 1.54) is 0 Å². The number of pyridine rings is 2. The van der Waals surface area contributed by atoms with Gasteiger partial charge in [-0.25, -0.2) is 15.0 Å². The zero-order valence-corrected chi connectivity index (χ0v) is 18.3. The summed E-state index contributed by atoms with van der Waals surface area (Å²) in [5.41, 5.74) is 4.05. The van der Waals surface area contributed by atoms with Crippen LogP contribution in [-0.2, 0) is 11.2 Å². The smallest absolute Gasteiger partial charge is 0.308 e. The minimum absolute atomic E-state index is 0.0871. The van der Waals surface area contributed by atoms with E-state index in [0.717, 1.165) is 53.7 Å². The van der Waals surface area contributed by atoms with Gasteiger partial charge in [-0.05, 0) is 50.1 Å². The minimum Gasteiger partial charge on any atom is -0.481 e. The fourth-order valence-corrected chi connectivity index (χ4v) is 4.60. The number of carboxylic acids is 1. The van der Waals surface area contributed by atoms with Crippen molar-refractivity contribution in [1.29, 1.82) is 0 Å². The second kappa shape index (κ2) is 8.18. The van der Waals surface area contributed by atoms with E-state index >= 15 is 0 Å². The maximum absolute atomic E-state index is 11.4. The van der Waals surface area contributed by atoms with Gasteiger partial charge in [-0.15, -0.1) is 0 Å². The first-order valence-electron chi connectivity index (χ1n) is 11.0. The van der Waals surface area contributed by atoms with Crippen LogP contribution in [0.2, 0.25) is 0 Å². The summed E-state index contributed by atoms with van der Waals surface area (Å²) in [6.45, 7) is 6.25. The number of aliphatic carboxylic acids is 1. The Morgan fingerprint density at radius 2 is 1.97 bits per heavy atom. The quantitative estimate of drug-likeness (QED) is 0.674. The summed E-state index contributed by atoms with van der Waals surface area (Å²) in [6.07, 6.45) is 5.13. The van der Waals surface area contributed by atoms with Gasteiger partial charge in [0.1, 0.15) is 17.3 Å². The number of nitrogens with zero attached hydrogens (tertiary/aromatic N) is 6. The summed E-state index contributed by atoms with van der Waals surface area (Å²) in [6, 6.07) is 9.97. The van der Waals surface area contributed by atoms with Gasteiger partial charge in [-0.1, -0.05) is 6.07 Å². The van der Waals surface area contributed by atoms with Crippen LogP contribution >= 0.6 is 0 Å². The molecule has 2 aliphatic rings. The van der Waals surface area contributed by atoms with E-state index < -0.39 is 5.97 Å². The first kappa shape index (κ1) is 20.4. The standard InChI is InChI=1S/C24H26N6O2/c1-15-11-21(29-9-6-17(14-29)24(31)32)28-22(12-15)30-10-7-19-18(16(30)2)13-26-23(27-19)20-5-3-4-8-25-20/h3-5,8,11-13,16-17H,6-7,9-10,14H2,1-2H3,(H,31,32). The molecule has 1 N–H and O–H groups in total. The van der Waals surface area contributed by atoms with Crippen molar-refractivity contribution >= 4 is 17.6 Å². The molecule has 0 radical (unpaired) electrons. The lowest BCUT2D eigenvalue weighted by Crippen LogP contribution is -2.35. The van der Waals surface area contributed by atoms with E-state index in [1.54, 1.807) is 6.20 Å². The molecule has 1 fully saturated rings. The average Bonchev–Trinajstić information content (AvgIpc) is 3.30. The third kappa shape index (κ3) is 3.77. The molecule has 2 aliphatic heterocycles. The van der Waals surface area contributed by atoms with Crippen molar-refractivity contribution in [3.63, 3.8) is 0 Å². The van der Waals surface area contributed by atoms with Gasteiger partial charge in [0, 0.05) is 44.0 Å². The lowest BCUT2D eigenvalue weighted by molar-refractivity contribution is -0.140. The van der Waals surface area contributed by atoms with Crippen molar-refractivity contribution in [3.05, 3.63) is 59.5 Å². The number of fused-ring (bicyclic) bond motifs is 1. The normalized spacial score (nSPS) is 20.3. The number of hydrogen-bond donors (Lipinski definition) is 1. The van der Waals surface area contributed by atoms with Crippen molar-refractivity contribution in [3.8, 4) is 11.5 Å². The molecule has 8 heteroatoms. The van der Waals surface area contributed by atoms with Gasteiger partial charge in [-0.3, -0.25) is 9.78 Å². The van der Waals surface area contributed by atoms with Gasteiger partial charge in [0.2, 0.25) is 0 Å². The van der Waals surface area contributed by atoms with Crippen LogP contribution in [0.3, 0.4) is 0 Å². The Balaban J connectivity index is 1.41. The van der Waals surface area contributed by atoms with Crippen molar-refractivity contribution in [2.75, 3.05) is 29.4 Å². The van der Waals surface area contributed by atoms with Crippen LogP contribution in [0.1, 0.15) is 36.2 Å².